The minimum atomic E-state index is -0.0539. The highest BCUT2D eigenvalue weighted by molar-refractivity contribution is 5.77. The van der Waals surface area contributed by atoms with Crippen molar-refractivity contribution in [1.29, 1.82) is 0 Å². The Balaban J connectivity index is 2.35. The van der Waals surface area contributed by atoms with Gasteiger partial charge in [-0.1, -0.05) is 19.3 Å². The molecule has 88 valence electrons. The molecule has 0 radical (unpaired) electrons. The van der Waals surface area contributed by atoms with Crippen LogP contribution in [0.2, 0.25) is 0 Å². The first kappa shape index (κ1) is 12.5. The van der Waals surface area contributed by atoms with Crippen LogP contribution in [0.5, 0.6) is 0 Å². The Morgan fingerprint density at radius 3 is 2.53 bits per heavy atom. The second-order valence-corrected chi connectivity index (χ2v) is 4.53. The Labute approximate surface area is 91.4 Å². The Hall–Kier alpha value is -0.610. The molecular weight excluding hydrogens is 192 g/mol. The number of nitrogens with one attached hydrogen (secondary N) is 2. The Morgan fingerprint density at radius 2 is 2.00 bits per heavy atom. The van der Waals surface area contributed by atoms with Crippen molar-refractivity contribution in [2.24, 2.45) is 5.41 Å². The topological polar surface area (TPSA) is 61.4 Å². The highest BCUT2D eigenvalue weighted by atomic mass is 16.3. The van der Waals surface area contributed by atoms with E-state index in [-0.39, 0.29) is 17.9 Å². The van der Waals surface area contributed by atoms with Crippen molar-refractivity contribution in [3.05, 3.63) is 0 Å². The van der Waals surface area contributed by atoms with E-state index in [4.69, 9.17) is 0 Å². The lowest BCUT2D eigenvalue weighted by Gasteiger charge is -2.35. The van der Waals surface area contributed by atoms with Crippen LogP contribution in [0.15, 0.2) is 0 Å². The summed E-state index contributed by atoms with van der Waals surface area (Å²) < 4.78 is 0. The third-order valence-corrected chi connectivity index (χ3v) is 3.25. The molecule has 0 saturated heterocycles. The standard InChI is InChI=1S/C11H22N2O2/c1-12-7-10(15)13-8-11(9-14)5-3-2-4-6-11/h12,14H,2-9H2,1H3,(H,13,15). The van der Waals surface area contributed by atoms with Crippen LogP contribution in [-0.4, -0.2) is 37.8 Å². The number of carbonyl (C=O) groups is 1. The lowest BCUT2D eigenvalue weighted by molar-refractivity contribution is -0.121. The Morgan fingerprint density at radius 1 is 1.33 bits per heavy atom. The van der Waals surface area contributed by atoms with E-state index in [0.29, 0.717) is 13.1 Å². The van der Waals surface area contributed by atoms with Crippen LogP contribution in [0, 0.1) is 5.41 Å². The second-order valence-electron chi connectivity index (χ2n) is 4.53. The molecular formula is C11H22N2O2. The highest BCUT2D eigenvalue weighted by Gasteiger charge is 2.31. The first-order chi connectivity index (χ1) is 7.22. The van der Waals surface area contributed by atoms with E-state index in [9.17, 15) is 9.90 Å². The number of hydrogen-bond donors (Lipinski definition) is 3. The molecule has 1 amide bonds. The maximum absolute atomic E-state index is 11.3. The molecule has 1 saturated carbocycles. The quantitative estimate of drug-likeness (QED) is 0.615. The van der Waals surface area contributed by atoms with Crippen molar-refractivity contribution in [3.63, 3.8) is 0 Å². The molecule has 4 heteroatoms. The van der Waals surface area contributed by atoms with Crippen molar-refractivity contribution in [1.82, 2.24) is 10.6 Å². The molecule has 0 aliphatic heterocycles. The maximum Gasteiger partial charge on any atom is 0.233 e. The fourth-order valence-electron chi connectivity index (χ4n) is 2.20. The lowest BCUT2D eigenvalue weighted by atomic mass is 9.74. The van der Waals surface area contributed by atoms with Gasteiger partial charge in [-0.05, 0) is 19.9 Å². The van der Waals surface area contributed by atoms with Gasteiger partial charge in [0.2, 0.25) is 5.91 Å². The van der Waals surface area contributed by atoms with Crippen LogP contribution in [0.1, 0.15) is 32.1 Å². The fourth-order valence-corrected chi connectivity index (χ4v) is 2.20. The molecule has 0 aromatic carbocycles. The van der Waals surface area contributed by atoms with Gasteiger partial charge in [0.25, 0.3) is 0 Å². The summed E-state index contributed by atoms with van der Waals surface area (Å²) in [4.78, 5) is 11.3. The molecule has 0 unspecified atom stereocenters. The summed E-state index contributed by atoms with van der Waals surface area (Å²) in [5.74, 6) is 0.0101. The Kier molecular flexibility index (Phi) is 5.05. The molecule has 3 N–H and O–H groups in total. The van der Waals surface area contributed by atoms with E-state index in [0.717, 1.165) is 12.8 Å². The summed E-state index contributed by atoms with van der Waals surface area (Å²) in [6.07, 6.45) is 5.66. The van der Waals surface area contributed by atoms with Gasteiger partial charge in [0, 0.05) is 12.0 Å². The van der Waals surface area contributed by atoms with E-state index in [1.165, 1.54) is 19.3 Å². The number of aliphatic hydroxyl groups is 1. The summed E-state index contributed by atoms with van der Waals surface area (Å²) in [6, 6.07) is 0. The molecule has 0 aromatic rings. The molecule has 4 nitrogen and oxygen atoms in total. The van der Waals surface area contributed by atoms with Crippen LogP contribution in [-0.2, 0) is 4.79 Å². The third-order valence-electron chi connectivity index (χ3n) is 3.25. The number of carbonyl (C=O) groups excluding carboxylic acids is 1. The van der Waals surface area contributed by atoms with Crippen LogP contribution in [0.4, 0.5) is 0 Å². The van der Waals surface area contributed by atoms with Gasteiger partial charge in [-0.15, -0.1) is 0 Å². The second kappa shape index (κ2) is 6.08. The summed E-state index contributed by atoms with van der Waals surface area (Å²) >= 11 is 0. The zero-order valence-electron chi connectivity index (χ0n) is 9.51. The van der Waals surface area contributed by atoms with Gasteiger partial charge in [0.05, 0.1) is 13.2 Å². The van der Waals surface area contributed by atoms with Gasteiger partial charge in [0.1, 0.15) is 0 Å². The normalized spacial score (nSPS) is 19.9. The predicted molar refractivity (Wildman–Crippen MR) is 59.5 cm³/mol. The molecule has 0 heterocycles. The van der Waals surface area contributed by atoms with Crippen molar-refractivity contribution >= 4 is 5.91 Å². The fraction of sp³-hybridized carbons (Fsp3) is 0.909. The maximum atomic E-state index is 11.3. The molecule has 0 atom stereocenters. The molecule has 0 aromatic heterocycles. The largest absolute Gasteiger partial charge is 0.396 e. The minimum absolute atomic E-state index is 0.0101. The van der Waals surface area contributed by atoms with Crippen molar-refractivity contribution in [2.45, 2.75) is 32.1 Å². The molecule has 1 rings (SSSR count). The number of aliphatic hydroxyl groups excluding tert-OH is 1. The van der Waals surface area contributed by atoms with Gasteiger partial charge in [-0.3, -0.25) is 4.79 Å². The summed E-state index contributed by atoms with van der Waals surface area (Å²) in [7, 11) is 1.75. The monoisotopic (exact) mass is 214 g/mol. The minimum Gasteiger partial charge on any atom is -0.396 e. The summed E-state index contributed by atoms with van der Waals surface area (Å²) in [5.41, 5.74) is -0.0539. The van der Waals surface area contributed by atoms with Crippen LogP contribution < -0.4 is 10.6 Å². The number of rotatable bonds is 5. The van der Waals surface area contributed by atoms with E-state index in [1.54, 1.807) is 7.05 Å². The molecule has 1 fully saturated rings. The van der Waals surface area contributed by atoms with Gasteiger partial charge in [0.15, 0.2) is 0 Å². The number of amides is 1. The van der Waals surface area contributed by atoms with E-state index >= 15 is 0 Å². The average Bonchev–Trinajstić information content (AvgIpc) is 2.28. The summed E-state index contributed by atoms with van der Waals surface area (Å²) in [6.45, 7) is 1.15. The van der Waals surface area contributed by atoms with E-state index < -0.39 is 0 Å². The third kappa shape index (κ3) is 3.80. The van der Waals surface area contributed by atoms with E-state index in [1.807, 2.05) is 0 Å². The SMILES string of the molecule is CNCC(=O)NCC1(CO)CCCCC1. The highest BCUT2D eigenvalue weighted by Crippen LogP contribution is 2.35. The van der Waals surface area contributed by atoms with Gasteiger partial charge in [-0.2, -0.15) is 0 Å². The van der Waals surface area contributed by atoms with Crippen molar-refractivity contribution in [2.75, 3.05) is 26.7 Å². The van der Waals surface area contributed by atoms with Gasteiger partial charge < -0.3 is 15.7 Å². The number of likely N-dealkylation sites (N-methyl/N-ethyl adjacent to an activating group) is 1. The molecule has 1 aliphatic carbocycles. The average molecular weight is 214 g/mol. The zero-order valence-corrected chi connectivity index (χ0v) is 9.51. The zero-order chi connectivity index (χ0) is 11.1. The summed E-state index contributed by atoms with van der Waals surface area (Å²) in [5, 5.41) is 15.1. The van der Waals surface area contributed by atoms with Gasteiger partial charge >= 0.3 is 0 Å². The van der Waals surface area contributed by atoms with Crippen LogP contribution in [0.25, 0.3) is 0 Å². The Bertz CT molecular complexity index is 201. The van der Waals surface area contributed by atoms with Gasteiger partial charge in [-0.25, -0.2) is 0 Å². The first-order valence-corrected chi connectivity index (χ1v) is 5.75. The van der Waals surface area contributed by atoms with Crippen molar-refractivity contribution in [3.8, 4) is 0 Å². The molecule has 0 spiro atoms. The molecule has 15 heavy (non-hydrogen) atoms. The van der Waals surface area contributed by atoms with Crippen LogP contribution in [0.3, 0.4) is 0 Å². The smallest absolute Gasteiger partial charge is 0.233 e. The van der Waals surface area contributed by atoms with E-state index in [2.05, 4.69) is 10.6 Å². The van der Waals surface area contributed by atoms with Crippen LogP contribution >= 0.6 is 0 Å². The molecule has 0 bridgehead atoms. The lowest BCUT2D eigenvalue weighted by Crippen LogP contribution is -2.43. The van der Waals surface area contributed by atoms with Crippen molar-refractivity contribution < 1.29 is 9.90 Å². The number of hydrogen-bond acceptors (Lipinski definition) is 3. The first-order valence-electron chi connectivity index (χ1n) is 5.75. The predicted octanol–water partition coefficient (Wildman–Crippen LogP) is 0.265. The molecule has 1 aliphatic rings.